The second-order valence-corrected chi connectivity index (χ2v) is 6.06. The first-order valence-corrected chi connectivity index (χ1v) is 7.23. The normalized spacial score (nSPS) is 33.6. The van der Waals surface area contributed by atoms with E-state index in [1.165, 1.54) is 6.42 Å². The van der Waals surface area contributed by atoms with Crippen LogP contribution in [0.4, 0.5) is 0 Å². The van der Waals surface area contributed by atoms with E-state index in [0.717, 1.165) is 45.6 Å². The molecule has 0 amide bonds. The highest BCUT2D eigenvalue weighted by molar-refractivity contribution is 5.72. The molecule has 0 aliphatic carbocycles. The Bertz CT molecular complexity index is 288. The van der Waals surface area contributed by atoms with Gasteiger partial charge in [-0.25, -0.2) is 0 Å². The van der Waals surface area contributed by atoms with E-state index in [1.54, 1.807) is 0 Å². The molecule has 0 bridgehead atoms. The number of hydrogen-bond donors (Lipinski definition) is 1. The lowest BCUT2D eigenvalue weighted by Gasteiger charge is -2.36. The first-order valence-electron chi connectivity index (χ1n) is 7.23. The molecule has 0 spiro atoms. The van der Waals surface area contributed by atoms with Gasteiger partial charge in [0, 0.05) is 19.6 Å². The maximum atomic E-state index is 11.8. The molecule has 0 aromatic heterocycles. The van der Waals surface area contributed by atoms with Crippen LogP contribution in [-0.4, -0.2) is 50.2 Å². The highest BCUT2D eigenvalue weighted by Gasteiger charge is 2.34. The van der Waals surface area contributed by atoms with E-state index in [2.05, 4.69) is 17.1 Å². The fourth-order valence-corrected chi connectivity index (χ4v) is 3.20. The van der Waals surface area contributed by atoms with Crippen molar-refractivity contribution in [3.05, 3.63) is 0 Å². The van der Waals surface area contributed by atoms with Crippen LogP contribution in [0.5, 0.6) is 0 Å². The van der Waals surface area contributed by atoms with Gasteiger partial charge in [0.1, 0.15) is 0 Å². The summed E-state index contributed by atoms with van der Waals surface area (Å²) in [5, 5.41) is 3.44. The Hall–Kier alpha value is -0.610. The van der Waals surface area contributed by atoms with E-state index in [9.17, 15) is 4.79 Å². The fourth-order valence-electron chi connectivity index (χ4n) is 3.20. The third-order valence-corrected chi connectivity index (χ3v) is 4.19. The van der Waals surface area contributed by atoms with Crippen LogP contribution in [0.15, 0.2) is 0 Å². The molecule has 2 saturated heterocycles. The van der Waals surface area contributed by atoms with Crippen molar-refractivity contribution < 1.29 is 9.53 Å². The molecule has 2 aliphatic heterocycles. The van der Waals surface area contributed by atoms with Crippen molar-refractivity contribution in [2.45, 2.75) is 33.1 Å². The SMILES string of the molecule is CCOC(=O)C1CCCN(CC2(C)CCNC2)C1. The average Bonchev–Trinajstić information content (AvgIpc) is 2.76. The molecule has 2 aliphatic rings. The van der Waals surface area contributed by atoms with Gasteiger partial charge >= 0.3 is 5.97 Å². The van der Waals surface area contributed by atoms with Gasteiger partial charge in [0.2, 0.25) is 0 Å². The summed E-state index contributed by atoms with van der Waals surface area (Å²) >= 11 is 0. The van der Waals surface area contributed by atoms with E-state index in [4.69, 9.17) is 4.74 Å². The molecule has 0 saturated carbocycles. The molecule has 2 heterocycles. The highest BCUT2D eigenvalue weighted by Crippen LogP contribution is 2.28. The first kappa shape index (κ1) is 13.8. The number of likely N-dealkylation sites (tertiary alicyclic amines) is 1. The monoisotopic (exact) mass is 254 g/mol. The number of rotatable bonds is 4. The molecule has 1 N–H and O–H groups in total. The van der Waals surface area contributed by atoms with E-state index in [1.807, 2.05) is 6.92 Å². The van der Waals surface area contributed by atoms with Crippen LogP contribution in [0.3, 0.4) is 0 Å². The summed E-state index contributed by atoms with van der Waals surface area (Å²) in [7, 11) is 0. The molecule has 0 aromatic carbocycles. The van der Waals surface area contributed by atoms with Gasteiger partial charge < -0.3 is 15.0 Å². The maximum absolute atomic E-state index is 11.8. The van der Waals surface area contributed by atoms with Crippen LogP contribution in [0.2, 0.25) is 0 Å². The number of carbonyl (C=O) groups excluding carboxylic acids is 1. The second kappa shape index (κ2) is 6.02. The number of nitrogens with one attached hydrogen (secondary N) is 1. The van der Waals surface area contributed by atoms with Crippen LogP contribution in [0.25, 0.3) is 0 Å². The lowest BCUT2D eigenvalue weighted by Crippen LogP contribution is -2.45. The van der Waals surface area contributed by atoms with E-state index in [-0.39, 0.29) is 11.9 Å². The van der Waals surface area contributed by atoms with Crippen molar-refractivity contribution in [1.29, 1.82) is 0 Å². The summed E-state index contributed by atoms with van der Waals surface area (Å²) in [6, 6.07) is 0. The summed E-state index contributed by atoms with van der Waals surface area (Å²) in [6.07, 6.45) is 3.35. The van der Waals surface area contributed by atoms with Gasteiger partial charge in [0.25, 0.3) is 0 Å². The average molecular weight is 254 g/mol. The van der Waals surface area contributed by atoms with Gasteiger partial charge in [0.05, 0.1) is 12.5 Å². The zero-order valence-corrected chi connectivity index (χ0v) is 11.7. The summed E-state index contributed by atoms with van der Waals surface area (Å²) in [5.41, 5.74) is 0.385. The molecular weight excluding hydrogens is 228 g/mol. The Labute approximate surface area is 110 Å². The smallest absolute Gasteiger partial charge is 0.310 e. The third-order valence-electron chi connectivity index (χ3n) is 4.19. The Balaban J connectivity index is 1.84. The maximum Gasteiger partial charge on any atom is 0.310 e. The summed E-state index contributed by atoms with van der Waals surface area (Å²) in [5.74, 6) is 0.0913. The molecule has 18 heavy (non-hydrogen) atoms. The molecule has 0 aromatic rings. The predicted octanol–water partition coefficient (Wildman–Crippen LogP) is 1.26. The van der Waals surface area contributed by atoms with E-state index < -0.39 is 0 Å². The molecule has 2 rings (SSSR count). The van der Waals surface area contributed by atoms with Crippen molar-refractivity contribution >= 4 is 5.97 Å². The molecular formula is C14H26N2O2. The van der Waals surface area contributed by atoms with Crippen molar-refractivity contribution in [1.82, 2.24) is 10.2 Å². The quantitative estimate of drug-likeness (QED) is 0.767. The molecule has 0 radical (unpaired) electrons. The number of nitrogens with zero attached hydrogens (tertiary/aromatic N) is 1. The predicted molar refractivity (Wildman–Crippen MR) is 71.4 cm³/mol. The van der Waals surface area contributed by atoms with Gasteiger partial charge in [-0.2, -0.15) is 0 Å². The molecule has 104 valence electrons. The fraction of sp³-hybridized carbons (Fsp3) is 0.929. The summed E-state index contributed by atoms with van der Waals surface area (Å²) in [6.45, 7) is 10.1. The minimum Gasteiger partial charge on any atom is -0.466 e. The Morgan fingerprint density at radius 2 is 2.39 bits per heavy atom. The number of esters is 1. The van der Waals surface area contributed by atoms with Crippen molar-refractivity contribution in [2.24, 2.45) is 11.3 Å². The van der Waals surface area contributed by atoms with Crippen molar-refractivity contribution in [3.8, 4) is 0 Å². The minimum atomic E-state index is -0.00287. The largest absolute Gasteiger partial charge is 0.466 e. The summed E-state index contributed by atoms with van der Waals surface area (Å²) < 4.78 is 5.15. The Morgan fingerprint density at radius 1 is 1.56 bits per heavy atom. The lowest BCUT2D eigenvalue weighted by atomic mass is 9.87. The van der Waals surface area contributed by atoms with Crippen LogP contribution in [0, 0.1) is 11.3 Å². The summed E-state index contributed by atoms with van der Waals surface area (Å²) in [4.78, 5) is 14.3. The van der Waals surface area contributed by atoms with Gasteiger partial charge in [-0.1, -0.05) is 6.92 Å². The first-order chi connectivity index (χ1) is 8.63. The second-order valence-electron chi connectivity index (χ2n) is 6.06. The lowest BCUT2D eigenvalue weighted by molar-refractivity contribution is -0.150. The Morgan fingerprint density at radius 3 is 3.06 bits per heavy atom. The van der Waals surface area contributed by atoms with Gasteiger partial charge in [-0.05, 0) is 44.7 Å². The van der Waals surface area contributed by atoms with Gasteiger partial charge in [-0.3, -0.25) is 4.79 Å². The highest BCUT2D eigenvalue weighted by atomic mass is 16.5. The number of piperidine rings is 1. The number of hydrogen-bond acceptors (Lipinski definition) is 4. The molecule has 4 nitrogen and oxygen atoms in total. The zero-order valence-electron chi connectivity index (χ0n) is 11.7. The number of ether oxygens (including phenoxy) is 1. The Kier molecular flexibility index (Phi) is 4.62. The van der Waals surface area contributed by atoms with Gasteiger partial charge in [-0.15, -0.1) is 0 Å². The molecule has 2 fully saturated rings. The standard InChI is InChI=1S/C14H26N2O2/c1-3-18-13(17)12-5-4-8-16(9-12)11-14(2)6-7-15-10-14/h12,15H,3-11H2,1-2H3. The number of carbonyl (C=O) groups is 1. The van der Waals surface area contributed by atoms with Crippen molar-refractivity contribution in [3.63, 3.8) is 0 Å². The molecule has 4 heteroatoms. The van der Waals surface area contributed by atoms with Crippen molar-refractivity contribution in [2.75, 3.05) is 39.3 Å². The van der Waals surface area contributed by atoms with E-state index >= 15 is 0 Å². The van der Waals surface area contributed by atoms with Gasteiger partial charge in [0.15, 0.2) is 0 Å². The van der Waals surface area contributed by atoms with Crippen LogP contribution in [-0.2, 0) is 9.53 Å². The zero-order chi connectivity index (χ0) is 13.0. The minimum absolute atomic E-state index is 0.00287. The third kappa shape index (κ3) is 3.45. The van der Waals surface area contributed by atoms with Crippen LogP contribution in [0.1, 0.15) is 33.1 Å². The van der Waals surface area contributed by atoms with Crippen LogP contribution < -0.4 is 5.32 Å². The topological polar surface area (TPSA) is 41.6 Å². The van der Waals surface area contributed by atoms with E-state index in [0.29, 0.717) is 12.0 Å². The molecule has 2 unspecified atom stereocenters. The van der Waals surface area contributed by atoms with Crippen LogP contribution >= 0.6 is 0 Å². The molecule has 2 atom stereocenters.